The summed E-state index contributed by atoms with van der Waals surface area (Å²) in [5, 5.41) is 0. The summed E-state index contributed by atoms with van der Waals surface area (Å²) in [7, 11) is 0. The van der Waals surface area contributed by atoms with Crippen LogP contribution in [0.2, 0.25) is 0 Å². The van der Waals surface area contributed by atoms with E-state index in [1.54, 1.807) is 0 Å². The van der Waals surface area contributed by atoms with Gasteiger partial charge in [0.2, 0.25) is 0 Å². The van der Waals surface area contributed by atoms with Crippen LogP contribution in [0.4, 0.5) is 34.1 Å². The third-order valence-electron chi connectivity index (χ3n) is 12.9. The van der Waals surface area contributed by atoms with Gasteiger partial charge in [-0.2, -0.15) is 0 Å². The normalized spacial score (nSPS) is 14.1. The molecule has 286 valence electrons. The van der Waals surface area contributed by atoms with E-state index in [9.17, 15) is 0 Å². The van der Waals surface area contributed by atoms with E-state index in [0.29, 0.717) is 0 Å². The van der Waals surface area contributed by atoms with Crippen molar-refractivity contribution in [1.29, 1.82) is 0 Å². The lowest BCUT2D eigenvalue weighted by atomic mass is 9.62. The summed E-state index contributed by atoms with van der Waals surface area (Å²) in [6, 6.07) is 84.6. The van der Waals surface area contributed by atoms with Crippen LogP contribution in [0.25, 0.3) is 22.3 Å². The minimum Gasteiger partial charge on any atom is -0.310 e. The largest absolute Gasteiger partial charge is 0.310 e. The minimum atomic E-state index is -0.538. The summed E-state index contributed by atoms with van der Waals surface area (Å²) < 4.78 is 0. The first-order valence-corrected chi connectivity index (χ1v) is 20.9. The Balaban J connectivity index is 1.06. The van der Waals surface area contributed by atoms with Crippen molar-refractivity contribution < 1.29 is 0 Å². The second-order valence-corrected chi connectivity index (χ2v) is 16.5. The Morgan fingerprint density at radius 1 is 0.350 bits per heavy atom. The first kappa shape index (κ1) is 35.7. The van der Waals surface area contributed by atoms with Crippen LogP contribution in [0, 0.1) is 0 Å². The van der Waals surface area contributed by atoms with Crippen molar-refractivity contribution in [2.24, 2.45) is 0 Å². The van der Waals surface area contributed by atoms with Gasteiger partial charge in [0, 0.05) is 28.2 Å². The highest BCUT2D eigenvalue weighted by Crippen LogP contribution is 2.58. The maximum Gasteiger partial charge on any atom is 0.0742 e. The summed E-state index contributed by atoms with van der Waals surface area (Å²) >= 11 is 0. The average Bonchev–Trinajstić information content (AvgIpc) is 3.54. The number of rotatable bonds is 7. The fourth-order valence-electron chi connectivity index (χ4n) is 10.2. The molecule has 0 saturated heterocycles. The molecule has 2 heteroatoms. The lowest BCUT2D eigenvalue weighted by Gasteiger charge is -2.46. The van der Waals surface area contributed by atoms with Gasteiger partial charge < -0.3 is 9.80 Å². The third kappa shape index (κ3) is 5.48. The quantitative estimate of drug-likeness (QED) is 0.159. The van der Waals surface area contributed by atoms with Gasteiger partial charge >= 0.3 is 0 Å². The Kier molecular flexibility index (Phi) is 8.42. The molecule has 60 heavy (non-hydrogen) atoms. The van der Waals surface area contributed by atoms with Crippen LogP contribution in [0.5, 0.6) is 0 Å². The smallest absolute Gasteiger partial charge is 0.0742 e. The topological polar surface area (TPSA) is 6.48 Å². The zero-order chi connectivity index (χ0) is 40.3. The predicted molar refractivity (Wildman–Crippen MR) is 251 cm³/mol. The van der Waals surface area contributed by atoms with Crippen LogP contribution in [0.15, 0.2) is 231 Å². The van der Waals surface area contributed by atoms with E-state index in [1.165, 1.54) is 61.4 Å². The highest BCUT2D eigenvalue weighted by atomic mass is 15.2. The van der Waals surface area contributed by atoms with Crippen molar-refractivity contribution in [1.82, 2.24) is 0 Å². The number of nitrogens with zero attached hydrogens (tertiary/aromatic N) is 2. The summed E-state index contributed by atoms with van der Waals surface area (Å²) in [5.41, 5.74) is 19.0. The third-order valence-corrected chi connectivity index (χ3v) is 12.9. The molecule has 0 radical (unpaired) electrons. The van der Waals surface area contributed by atoms with Crippen LogP contribution in [0.1, 0.15) is 47.2 Å². The Labute approximate surface area is 353 Å². The molecule has 0 amide bonds. The standard InChI is InChI=1S/C58H44N2/c1-57(2)51-28-16-15-27-49(51)50-37-36-48(40-54(50)57)59(45-23-11-5-12-24-45)47-34-31-41(32-35-47)42-33-38-53-56(39-42)60(46-25-13-6-14-26-46)55-30-18-17-29-52(55)58(53,43-19-7-3-8-20-43)44-21-9-4-10-22-44/h3-40H,1-2H3. The van der Waals surface area contributed by atoms with Gasteiger partial charge in [0.15, 0.2) is 0 Å². The number of benzene rings is 9. The molecule has 2 aliphatic rings. The molecule has 0 saturated carbocycles. The molecule has 0 N–H and O–H groups in total. The summed E-state index contributed by atoms with van der Waals surface area (Å²) in [4.78, 5) is 4.84. The number of fused-ring (bicyclic) bond motifs is 5. The van der Waals surface area contributed by atoms with Crippen molar-refractivity contribution in [2.45, 2.75) is 24.7 Å². The average molecular weight is 769 g/mol. The summed E-state index contributed by atoms with van der Waals surface area (Å²) in [5.74, 6) is 0. The van der Waals surface area contributed by atoms with Crippen molar-refractivity contribution >= 4 is 34.1 Å². The maximum absolute atomic E-state index is 2.46. The zero-order valence-electron chi connectivity index (χ0n) is 33.8. The number of hydrogen-bond acceptors (Lipinski definition) is 2. The lowest BCUT2D eigenvalue weighted by molar-refractivity contribution is 0.660. The predicted octanol–water partition coefficient (Wildman–Crippen LogP) is 15.3. The second-order valence-electron chi connectivity index (χ2n) is 16.5. The van der Waals surface area contributed by atoms with E-state index in [-0.39, 0.29) is 5.41 Å². The van der Waals surface area contributed by atoms with E-state index < -0.39 is 5.41 Å². The van der Waals surface area contributed by atoms with Gasteiger partial charge in [-0.25, -0.2) is 0 Å². The first-order valence-electron chi connectivity index (χ1n) is 20.9. The summed E-state index contributed by atoms with van der Waals surface area (Å²) in [6.07, 6.45) is 0. The van der Waals surface area contributed by atoms with E-state index >= 15 is 0 Å². The van der Waals surface area contributed by atoms with E-state index in [0.717, 1.165) is 28.3 Å². The summed E-state index contributed by atoms with van der Waals surface area (Å²) in [6.45, 7) is 4.70. The Hall–Kier alpha value is -7.42. The molecule has 9 aromatic rings. The molecule has 0 fully saturated rings. The highest BCUT2D eigenvalue weighted by Gasteiger charge is 2.46. The molecule has 0 bridgehead atoms. The molecular weight excluding hydrogens is 725 g/mol. The van der Waals surface area contributed by atoms with Crippen LogP contribution in [-0.2, 0) is 10.8 Å². The lowest BCUT2D eigenvalue weighted by Crippen LogP contribution is -2.37. The fraction of sp³-hybridized carbons (Fsp3) is 0.0690. The molecule has 1 aliphatic heterocycles. The molecule has 2 nitrogen and oxygen atoms in total. The molecule has 1 heterocycles. The van der Waals surface area contributed by atoms with Crippen molar-refractivity contribution in [3.8, 4) is 22.3 Å². The molecular formula is C58H44N2. The molecule has 0 aromatic heterocycles. The van der Waals surface area contributed by atoms with Crippen molar-refractivity contribution in [3.63, 3.8) is 0 Å². The number of anilines is 6. The fourth-order valence-corrected chi connectivity index (χ4v) is 10.2. The van der Waals surface area contributed by atoms with Gasteiger partial charge in [-0.05, 0) is 116 Å². The van der Waals surface area contributed by atoms with Crippen LogP contribution >= 0.6 is 0 Å². The van der Waals surface area contributed by atoms with Crippen LogP contribution < -0.4 is 9.80 Å². The minimum absolute atomic E-state index is 0.0899. The van der Waals surface area contributed by atoms with Crippen molar-refractivity contribution in [2.75, 3.05) is 9.80 Å². The zero-order valence-corrected chi connectivity index (χ0v) is 33.8. The first-order chi connectivity index (χ1) is 29.5. The molecule has 0 spiro atoms. The van der Waals surface area contributed by atoms with Gasteiger partial charge in [0.05, 0.1) is 16.8 Å². The molecule has 0 atom stereocenters. The Morgan fingerprint density at radius 2 is 0.850 bits per heavy atom. The number of para-hydroxylation sites is 3. The Bertz CT molecular complexity index is 2950. The second kappa shape index (κ2) is 14.1. The molecule has 9 aromatic carbocycles. The SMILES string of the molecule is CC1(C)c2ccccc2-c2ccc(N(c3ccccc3)c3ccc(-c4ccc5c(c4)N(c4ccccc4)c4ccccc4C5(c4ccccc4)c4ccccc4)cc3)cc21. The van der Waals surface area contributed by atoms with Gasteiger partial charge in [-0.1, -0.05) is 184 Å². The molecule has 1 aliphatic carbocycles. The van der Waals surface area contributed by atoms with E-state index in [1.807, 2.05) is 0 Å². The monoisotopic (exact) mass is 768 g/mol. The number of hydrogen-bond donors (Lipinski definition) is 0. The van der Waals surface area contributed by atoms with Gasteiger partial charge in [-0.3, -0.25) is 0 Å². The van der Waals surface area contributed by atoms with Crippen molar-refractivity contribution in [3.05, 3.63) is 264 Å². The van der Waals surface area contributed by atoms with E-state index in [4.69, 9.17) is 0 Å². The van der Waals surface area contributed by atoms with Gasteiger partial charge in [0.1, 0.15) is 0 Å². The Morgan fingerprint density at radius 3 is 1.53 bits per heavy atom. The van der Waals surface area contributed by atoms with Gasteiger partial charge in [-0.15, -0.1) is 0 Å². The van der Waals surface area contributed by atoms with Crippen LogP contribution in [-0.4, -0.2) is 0 Å². The highest BCUT2D eigenvalue weighted by molar-refractivity contribution is 5.92. The molecule has 0 unspecified atom stereocenters. The van der Waals surface area contributed by atoms with Gasteiger partial charge in [0.25, 0.3) is 0 Å². The molecule has 11 rings (SSSR count). The maximum atomic E-state index is 2.46. The van der Waals surface area contributed by atoms with Crippen LogP contribution in [0.3, 0.4) is 0 Å². The van der Waals surface area contributed by atoms with E-state index in [2.05, 4.69) is 254 Å².